The summed E-state index contributed by atoms with van der Waals surface area (Å²) in [7, 11) is 0. The Morgan fingerprint density at radius 3 is 2.61 bits per heavy atom. The molecule has 6 nitrogen and oxygen atoms in total. The topological polar surface area (TPSA) is 87.3 Å². The Hall–Kier alpha value is -3.46. The highest BCUT2D eigenvalue weighted by atomic mass is 16.5. The monoisotopic (exact) mass is 377 g/mol. The number of unbranched alkanes of at least 4 members (excludes halogenated alkanes) is 1. The zero-order valence-electron chi connectivity index (χ0n) is 16.0. The lowest BCUT2D eigenvalue weighted by atomic mass is 10.1. The molecule has 1 heterocycles. The maximum absolute atomic E-state index is 11.8. The largest absolute Gasteiger partial charge is 0.508 e. The molecular weight excluding hydrogens is 354 g/mol. The molecule has 0 atom stereocenters. The van der Waals surface area contributed by atoms with Gasteiger partial charge in [-0.25, -0.2) is 4.79 Å². The van der Waals surface area contributed by atoms with Crippen LogP contribution in [0.4, 0.5) is 10.5 Å². The van der Waals surface area contributed by atoms with Gasteiger partial charge in [-0.1, -0.05) is 25.5 Å². The first-order valence-corrected chi connectivity index (χ1v) is 9.38. The lowest BCUT2D eigenvalue weighted by Gasteiger charge is -2.10. The van der Waals surface area contributed by atoms with Crippen molar-refractivity contribution in [2.45, 2.75) is 33.2 Å². The minimum atomic E-state index is -0.475. The fraction of sp³-hybridized carbons (Fsp3) is 0.273. The van der Waals surface area contributed by atoms with Gasteiger partial charge in [0.05, 0.1) is 23.4 Å². The molecule has 0 saturated carbocycles. The van der Waals surface area contributed by atoms with E-state index in [1.54, 1.807) is 30.3 Å². The van der Waals surface area contributed by atoms with E-state index in [1.165, 1.54) is 0 Å². The molecule has 3 aromatic rings. The number of nitrogens with zero attached hydrogens (tertiary/aromatic N) is 2. The normalized spacial score (nSPS) is 10.6. The summed E-state index contributed by atoms with van der Waals surface area (Å²) in [6, 6.07) is 14.6. The SMILES string of the molecule is CCCCOC(=O)Nc1ccc(-c2c(C#N)c3ccc(O)cc3n2CC)cc1. The second-order valence-corrected chi connectivity index (χ2v) is 6.47. The van der Waals surface area contributed by atoms with Crippen LogP contribution in [0.5, 0.6) is 5.75 Å². The van der Waals surface area contributed by atoms with Crippen molar-refractivity contribution in [2.75, 3.05) is 11.9 Å². The van der Waals surface area contributed by atoms with Crippen molar-refractivity contribution >= 4 is 22.7 Å². The maximum atomic E-state index is 11.8. The number of carbonyl (C=O) groups is 1. The zero-order valence-corrected chi connectivity index (χ0v) is 16.0. The van der Waals surface area contributed by atoms with E-state index >= 15 is 0 Å². The smallest absolute Gasteiger partial charge is 0.411 e. The molecule has 0 aliphatic heterocycles. The molecule has 0 unspecified atom stereocenters. The summed E-state index contributed by atoms with van der Waals surface area (Å²) in [5, 5.41) is 23.1. The van der Waals surface area contributed by atoms with Crippen LogP contribution < -0.4 is 5.32 Å². The second-order valence-electron chi connectivity index (χ2n) is 6.47. The molecule has 0 saturated heterocycles. The molecule has 1 aromatic heterocycles. The van der Waals surface area contributed by atoms with Crippen molar-refractivity contribution in [1.29, 1.82) is 5.26 Å². The van der Waals surface area contributed by atoms with Gasteiger partial charge in [0, 0.05) is 23.7 Å². The molecule has 0 spiro atoms. The van der Waals surface area contributed by atoms with Gasteiger partial charge in [-0.15, -0.1) is 0 Å². The molecule has 0 radical (unpaired) electrons. The Kier molecular flexibility index (Phi) is 5.85. The van der Waals surface area contributed by atoms with Gasteiger partial charge in [0.25, 0.3) is 0 Å². The third-order valence-corrected chi connectivity index (χ3v) is 4.61. The number of carbonyl (C=O) groups excluding carboxylic acids is 1. The first kappa shape index (κ1) is 19.3. The van der Waals surface area contributed by atoms with Crippen molar-refractivity contribution in [3.8, 4) is 23.1 Å². The number of aromatic nitrogens is 1. The van der Waals surface area contributed by atoms with Crippen molar-refractivity contribution < 1.29 is 14.6 Å². The lowest BCUT2D eigenvalue weighted by Crippen LogP contribution is -2.14. The summed E-state index contributed by atoms with van der Waals surface area (Å²) in [6.45, 7) is 5.08. The van der Waals surface area contributed by atoms with Crippen LogP contribution in [0.3, 0.4) is 0 Å². The number of phenolic OH excluding ortho intramolecular Hbond substituents is 1. The molecule has 0 aliphatic carbocycles. The number of nitrogens with one attached hydrogen (secondary N) is 1. The van der Waals surface area contributed by atoms with Crippen LogP contribution in [-0.4, -0.2) is 22.4 Å². The summed E-state index contributed by atoms with van der Waals surface area (Å²) in [4.78, 5) is 11.8. The number of benzene rings is 2. The number of amides is 1. The number of anilines is 1. The van der Waals surface area contributed by atoms with Crippen LogP contribution in [0.15, 0.2) is 42.5 Å². The Balaban J connectivity index is 1.93. The number of nitriles is 1. The van der Waals surface area contributed by atoms with Crippen molar-refractivity contribution in [2.24, 2.45) is 0 Å². The predicted octanol–water partition coefficient (Wildman–Crippen LogP) is 5.25. The number of aromatic hydroxyl groups is 1. The van der Waals surface area contributed by atoms with Crippen LogP contribution >= 0.6 is 0 Å². The number of hydrogen-bond donors (Lipinski definition) is 2. The van der Waals surface area contributed by atoms with Crippen molar-refractivity contribution in [3.63, 3.8) is 0 Å². The first-order chi connectivity index (χ1) is 13.6. The standard InChI is InChI=1S/C22H23N3O3/c1-3-5-12-28-22(27)24-16-8-6-15(7-9-16)21-19(14-23)18-11-10-17(26)13-20(18)25(21)4-2/h6-11,13,26H,3-5,12H2,1-2H3,(H,24,27). The minimum Gasteiger partial charge on any atom is -0.508 e. The summed E-state index contributed by atoms with van der Waals surface area (Å²) >= 11 is 0. The number of phenols is 1. The van der Waals surface area contributed by atoms with E-state index in [0.29, 0.717) is 24.4 Å². The van der Waals surface area contributed by atoms with Crippen LogP contribution in [0.25, 0.3) is 22.2 Å². The molecule has 0 fully saturated rings. The fourth-order valence-electron chi connectivity index (χ4n) is 3.25. The van der Waals surface area contributed by atoms with Crippen molar-refractivity contribution in [1.82, 2.24) is 4.57 Å². The zero-order chi connectivity index (χ0) is 20.1. The highest BCUT2D eigenvalue weighted by Crippen LogP contribution is 2.35. The molecule has 0 bridgehead atoms. The van der Waals surface area contributed by atoms with Crippen LogP contribution in [0.2, 0.25) is 0 Å². The molecule has 144 valence electrons. The fourth-order valence-corrected chi connectivity index (χ4v) is 3.25. The molecule has 28 heavy (non-hydrogen) atoms. The van der Waals surface area contributed by atoms with Crippen molar-refractivity contribution in [3.05, 3.63) is 48.0 Å². The number of aryl methyl sites for hydroxylation is 1. The van der Waals surface area contributed by atoms with Gasteiger partial charge in [0.15, 0.2) is 0 Å². The highest BCUT2D eigenvalue weighted by molar-refractivity contribution is 5.95. The van der Waals surface area contributed by atoms with Gasteiger partial charge >= 0.3 is 6.09 Å². The molecule has 0 aliphatic rings. The van der Waals surface area contributed by atoms with Gasteiger partial charge in [-0.05, 0) is 43.2 Å². The van der Waals surface area contributed by atoms with E-state index in [-0.39, 0.29) is 5.75 Å². The molecule has 6 heteroatoms. The van der Waals surface area contributed by atoms with E-state index in [0.717, 1.165) is 35.0 Å². The number of rotatable bonds is 6. The summed E-state index contributed by atoms with van der Waals surface area (Å²) in [5.74, 6) is 0.164. The summed E-state index contributed by atoms with van der Waals surface area (Å²) < 4.78 is 7.11. The summed E-state index contributed by atoms with van der Waals surface area (Å²) in [5.41, 5.74) is 3.66. The minimum absolute atomic E-state index is 0.164. The van der Waals surface area contributed by atoms with Crippen LogP contribution in [0.1, 0.15) is 32.3 Å². The van der Waals surface area contributed by atoms with E-state index < -0.39 is 6.09 Å². The Morgan fingerprint density at radius 2 is 1.96 bits per heavy atom. The summed E-state index contributed by atoms with van der Waals surface area (Å²) in [6.07, 6.45) is 1.32. The predicted molar refractivity (Wildman–Crippen MR) is 109 cm³/mol. The molecular formula is C22H23N3O3. The van der Waals surface area contributed by atoms with Crippen LogP contribution in [0, 0.1) is 11.3 Å². The van der Waals surface area contributed by atoms with Gasteiger partial charge in [-0.3, -0.25) is 5.32 Å². The number of hydrogen-bond acceptors (Lipinski definition) is 4. The van der Waals surface area contributed by atoms with Gasteiger partial charge < -0.3 is 14.4 Å². The van der Waals surface area contributed by atoms with E-state index in [2.05, 4.69) is 11.4 Å². The molecule has 3 rings (SSSR count). The third kappa shape index (κ3) is 3.79. The Morgan fingerprint density at radius 1 is 1.21 bits per heavy atom. The lowest BCUT2D eigenvalue weighted by molar-refractivity contribution is 0.160. The van der Waals surface area contributed by atoms with E-state index in [9.17, 15) is 15.2 Å². The maximum Gasteiger partial charge on any atom is 0.411 e. The molecule has 2 aromatic carbocycles. The third-order valence-electron chi connectivity index (χ3n) is 4.61. The average molecular weight is 377 g/mol. The van der Waals surface area contributed by atoms with Gasteiger partial charge in [-0.2, -0.15) is 5.26 Å². The quantitative estimate of drug-likeness (QED) is 0.574. The van der Waals surface area contributed by atoms with Crippen LogP contribution in [-0.2, 0) is 11.3 Å². The average Bonchev–Trinajstić information content (AvgIpc) is 3.01. The van der Waals surface area contributed by atoms with E-state index in [1.807, 2.05) is 30.5 Å². The first-order valence-electron chi connectivity index (χ1n) is 9.38. The molecule has 2 N–H and O–H groups in total. The molecule has 1 amide bonds. The Bertz CT molecular complexity index is 1030. The second kappa shape index (κ2) is 8.49. The van der Waals surface area contributed by atoms with Gasteiger partial charge in [0.2, 0.25) is 0 Å². The van der Waals surface area contributed by atoms with E-state index in [4.69, 9.17) is 4.74 Å². The van der Waals surface area contributed by atoms with Gasteiger partial charge in [0.1, 0.15) is 11.8 Å². The number of ether oxygens (including phenoxy) is 1. The number of fused-ring (bicyclic) bond motifs is 1. The highest BCUT2D eigenvalue weighted by Gasteiger charge is 2.18. The Labute approximate surface area is 164 Å².